The molecule has 0 aliphatic carbocycles. The molecule has 0 bridgehead atoms. The van der Waals surface area contributed by atoms with Crippen LogP contribution in [0.3, 0.4) is 0 Å². The van der Waals surface area contributed by atoms with Crippen molar-refractivity contribution >= 4 is 0 Å². The van der Waals surface area contributed by atoms with Gasteiger partial charge in [-0.15, -0.1) is 0 Å². The van der Waals surface area contributed by atoms with E-state index in [2.05, 4.69) is 59.4 Å². The summed E-state index contributed by atoms with van der Waals surface area (Å²) < 4.78 is 2.23. The number of benzene rings is 1. The lowest BCUT2D eigenvalue weighted by Gasteiger charge is -2.11. The molecule has 0 amide bonds. The minimum absolute atomic E-state index is 0.890. The SMILES string of the molecule is CNCc1cccn1-c1ccccc1C. The van der Waals surface area contributed by atoms with Crippen molar-refractivity contribution in [2.45, 2.75) is 13.5 Å². The Bertz CT molecular complexity index is 443. The van der Waals surface area contributed by atoms with Gasteiger partial charge in [0.25, 0.3) is 0 Å². The van der Waals surface area contributed by atoms with Crippen molar-refractivity contribution in [1.29, 1.82) is 0 Å². The Labute approximate surface area is 90.6 Å². The van der Waals surface area contributed by atoms with E-state index in [4.69, 9.17) is 0 Å². The molecule has 0 saturated carbocycles. The first-order valence-electron chi connectivity index (χ1n) is 5.20. The maximum Gasteiger partial charge on any atom is 0.0481 e. The van der Waals surface area contributed by atoms with Crippen LogP contribution in [0.25, 0.3) is 5.69 Å². The third-order valence-corrected chi connectivity index (χ3v) is 2.57. The number of aryl methyl sites for hydroxylation is 1. The minimum atomic E-state index is 0.890. The first-order chi connectivity index (χ1) is 7.33. The van der Waals surface area contributed by atoms with Crippen LogP contribution in [0.4, 0.5) is 0 Å². The van der Waals surface area contributed by atoms with Gasteiger partial charge in [0.15, 0.2) is 0 Å². The molecule has 2 nitrogen and oxygen atoms in total. The molecule has 2 heteroatoms. The molecule has 1 N–H and O–H groups in total. The van der Waals surface area contributed by atoms with Crippen LogP contribution in [0.2, 0.25) is 0 Å². The van der Waals surface area contributed by atoms with Crippen LogP contribution in [-0.2, 0) is 6.54 Å². The van der Waals surface area contributed by atoms with Gasteiger partial charge in [-0.3, -0.25) is 0 Å². The van der Waals surface area contributed by atoms with E-state index in [1.54, 1.807) is 0 Å². The van der Waals surface area contributed by atoms with Crippen LogP contribution in [0.15, 0.2) is 42.6 Å². The van der Waals surface area contributed by atoms with Gasteiger partial charge < -0.3 is 9.88 Å². The average Bonchev–Trinajstić information content (AvgIpc) is 2.67. The van der Waals surface area contributed by atoms with Crippen LogP contribution in [-0.4, -0.2) is 11.6 Å². The second-order valence-corrected chi connectivity index (χ2v) is 3.69. The molecule has 1 heterocycles. The van der Waals surface area contributed by atoms with Gasteiger partial charge in [0.1, 0.15) is 0 Å². The smallest absolute Gasteiger partial charge is 0.0481 e. The second kappa shape index (κ2) is 4.32. The second-order valence-electron chi connectivity index (χ2n) is 3.69. The highest BCUT2D eigenvalue weighted by atomic mass is 15.0. The Morgan fingerprint density at radius 3 is 2.67 bits per heavy atom. The van der Waals surface area contributed by atoms with E-state index in [0.29, 0.717) is 0 Å². The van der Waals surface area contributed by atoms with E-state index in [9.17, 15) is 0 Å². The van der Waals surface area contributed by atoms with Crippen LogP contribution in [0, 0.1) is 6.92 Å². The molecule has 78 valence electrons. The van der Waals surface area contributed by atoms with E-state index in [1.807, 2.05) is 7.05 Å². The van der Waals surface area contributed by atoms with Gasteiger partial charge in [0.2, 0.25) is 0 Å². The van der Waals surface area contributed by atoms with Crippen molar-refractivity contribution < 1.29 is 0 Å². The van der Waals surface area contributed by atoms with Crippen LogP contribution in [0.1, 0.15) is 11.3 Å². The zero-order chi connectivity index (χ0) is 10.7. The third-order valence-electron chi connectivity index (χ3n) is 2.57. The number of hydrogen-bond donors (Lipinski definition) is 1. The molecule has 0 radical (unpaired) electrons. The zero-order valence-corrected chi connectivity index (χ0v) is 9.20. The molecule has 1 aromatic heterocycles. The number of hydrogen-bond acceptors (Lipinski definition) is 1. The fourth-order valence-electron chi connectivity index (χ4n) is 1.81. The third kappa shape index (κ3) is 1.95. The first kappa shape index (κ1) is 9.99. The fraction of sp³-hybridized carbons (Fsp3) is 0.231. The summed E-state index contributed by atoms with van der Waals surface area (Å²) in [5.74, 6) is 0. The van der Waals surface area contributed by atoms with E-state index in [0.717, 1.165) is 6.54 Å². The molecule has 0 aliphatic rings. The van der Waals surface area contributed by atoms with Gasteiger partial charge in [-0.2, -0.15) is 0 Å². The molecular weight excluding hydrogens is 184 g/mol. The summed E-state index contributed by atoms with van der Waals surface area (Å²) in [7, 11) is 1.97. The highest BCUT2D eigenvalue weighted by Gasteiger charge is 2.03. The number of nitrogens with one attached hydrogen (secondary N) is 1. The molecule has 2 aromatic rings. The maximum atomic E-state index is 3.18. The van der Waals surface area contributed by atoms with Crippen molar-refractivity contribution in [1.82, 2.24) is 9.88 Å². The molecule has 0 unspecified atom stereocenters. The number of para-hydroxylation sites is 1. The Morgan fingerprint density at radius 1 is 1.13 bits per heavy atom. The predicted octanol–water partition coefficient (Wildman–Crippen LogP) is 2.51. The Balaban J connectivity index is 2.45. The molecular formula is C13H16N2. The molecule has 0 fully saturated rings. The van der Waals surface area contributed by atoms with Crippen molar-refractivity contribution in [2.24, 2.45) is 0 Å². The van der Waals surface area contributed by atoms with Crippen molar-refractivity contribution in [3.05, 3.63) is 53.9 Å². The Hall–Kier alpha value is -1.54. The largest absolute Gasteiger partial charge is 0.319 e. The van der Waals surface area contributed by atoms with Crippen molar-refractivity contribution in [3.63, 3.8) is 0 Å². The highest BCUT2D eigenvalue weighted by Crippen LogP contribution is 2.16. The van der Waals surface area contributed by atoms with Crippen molar-refractivity contribution in [2.75, 3.05) is 7.05 Å². The predicted molar refractivity (Wildman–Crippen MR) is 63.3 cm³/mol. The zero-order valence-electron chi connectivity index (χ0n) is 9.20. The van der Waals surface area contributed by atoms with Crippen LogP contribution in [0.5, 0.6) is 0 Å². The monoisotopic (exact) mass is 200 g/mol. The summed E-state index contributed by atoms with van der Waals surface area (Å²) in [6, 6.07) is 12.7. The van der Waals surface area contributed by atoms with Gasteiger partial charge >= 0.3 is 0 Å². The molecule has 2 rings (SSSR count). The molecule has 0 saturated heterocycles. The molecule has 0 aliphatic heterocycles. The fourth-order valence-corrected chi connectivity index (χ4v) is 1.81. The lowest BCUT2D eigenvalue weighted by molar-refractivity contribution is 0.767. The van der Waals surface area contributed by atoms with E-state index >= 15 is 0 Å². The molecule has 0 spiro atoms. The lowest BCUT2D eigenvalue weighted by atomic mass is 10.2. The van der Waals surface area contributed by atoms with E-state index in [-0.39, 0.29) is 0 Å². The van der Waals surface area contributed by atoms with Gasteiger partial charge in [0, 0.05) is 24.1 Å². The summed E-state index contributed by atoms with van der Waals surface area (Å²) in [5, 5.41) is 3.18. The number of rotatable bonds is 3. The van der Waals surface area contributed by atoms with Crippen molar-refractivity contribution in [3.8, 4) is 5.69 Å². The van der Waals surface area contributed by atoms with Crippen LogP contribution >= 0.6 is 0 Å². The minimum Gasteiger partial charge on any atom is -0.319 e. The quantitative estimate of drug-likeness (QED) is 0.805. The lowest BCUT2D eigenvalue weighted by Crippen LogP contribution is -2.10. The summed E-state index contributed by atoms with van der Waals surface area (Å²) in [4.78, 5) is 0. The summed E-state index contributed by atoms with van der Waals surface area (Å²) in [6.07, 6.45) is 2.11. The summed E-state index contributed by atoms with van der Waals surface area (Å²) in [5.41, 5.74) is 3.84. The number of nitrogens with zero attached hydrogens (tertiary/aromatic N) is 1. The molecule has 15 heavy (non-hydrogen) atoms. The summed E-state index contributed by atoms with van der Waals surface area (Å²) in [6.45, 7) is 3.03. The van der Waals surface area contributed by atoms with E-state index < -0.39 is 0 Å². The topological polar surface area (TPSA) is 17.0 Å². The number of aromatic nitrogens is 1. The Kier molecular flexibility index (Phi) is 2.88. The first-order valence-corrected chi connectivity index (χ1v) is 5.20. The average molecular weight is 200 g/mol. The molecule has 1 aromatic carbocycles. The maximum absolute atomic E-state index is 3.18. The highest BCUT2D eigenvalue weighted by molar-refractivity contribution is 5.42. The van der Waals surface area contributed by atoms with Gasteiger partial charge in [-0.1, -0.05) is 18.2 Å². The van der Waals surface area contributed by atoms with Crippen LogP contribution < -0.4 is 5.32 Å². The molecule has 0 atom stereocenters. The van der Waals surface area contributed by atoms with Gasteiger partial charge in [-0.25, -0.2) is 0 Å². The summed E-state index contributed by atoms with van der Waals surface area (Å²) >= 11 is 0. The standard InChI is InChI=1S/C13H16N2/c1-11-6-3-4-8-13(11)15-9-5-7-12(15)10-14-2/h3-9,14H,10H2,1-2H3. The van der Waals surface area contributed by atoms with E-state index in [1.165, 1.54) is 16.9 Å². The normalized spacial score (nSPS) is 10.5. The van der Waals surface area contributed by atoms with Gasteiger partial charge in [0.05, 0.1) is 0 Å². The Morgan fingerprint density at radius 2 is 1.93 bits per heavy atom. The van der Waals surface area contributed by atoms with Gasteiger partial charge in [-0.05, 0) is 37.7 Å².